The van der Waals surface area contributed by atoms with Crippen LogP contribution in [0.1, 0.15) is 30.9 Å². The number of benzene rings is 2. The van der Waals surface area contributed by atoms with Crippen LogP contribution in [0.4, 0.5) is 5.69 Å². The Morgan fingerprint density at radius 3 is 2.68 bits per heavy atom. The van der Waals surface area contributed by atoms with Crippen molar-refractivity contribution in [3.63, 3.8) is 0 Å². The summed E-state index contributed by atoms with van der Waals surface area (Å²) in [5, 5.41) is 9.54. The zero-order valence-corrected chi connectivity index (χ0v) is 16.9. The van der Waals surface area contributed by atoms with Gasteiger partial charge in [0.15, 0.2) is 5.96 Å². The molecule has 0 saturated carbocycles. The molecule has 28 heavy (non-hydrogen) atoms. The van der Waals surface area contributed by atoms with Crippen LogP contribution in [-0.4, -0.2) is 32.6 Å². The predicted molar refractivity (Wildman–Crippen MR) is 115 cm³/mol. The van der Waals surface area contributed by atoms with E-state index in [2.05, 4.69) is 27.0 Å². The first-order chi connectivity index (χ1) is 13.7. The van der Waals surface area contributed by atoms with Crippen molar-refractivity contribution < 1.29 is 9.53 Å². The molecule has 0 unspecified atom stereocenters. The van der Waals surface area contributed by atoms with Crippen LogP contribution >= 0.6 is 0 Å². The van der Waals surface area contributed by atoms with Crippen LogP contribution in [-0.2, 0) is 17.8 Å². The third-order valence-electron chi connectivity index (χ3n) is 4.25. The van der Waals surface area contributed by atoms with E-state index >= 15 is 0 Å². The highest BCUT2D eigenvalue weighted by Crippen LogP contribution is 2.17. The number of rotatable bonds is 9. The van der Waals surface area contributed by atoms with Gasteiger partial charge < -0.3 is 20.7 Å². The maximum atomic E-state index is 11.8. The van der Waals surface area contributed by atoms with Crippen molar-refractivity contribution in [2.45, 2.75) is 32.7 Å². The van der Waals surface area contributed by atoms with E-state index in [0.29, 0.717) is 13.0 Å². The lowest BCUT2D eigenvalue weighted by Crippen LogP contribution is -2.37. The van der Waals surface area contributed by atoms with Crippen LogP contribution in [0.25, 0.3) is 0 Å². The number of ether oxygens (including phenoxy) is 1. The second-order valence-electron chi connectivity index (χ2n) is 6.41. The smallest absolute Gasteiger partial charge is 0.224 e. The van der Waals surface area contributed by atoms with Gasteiger partial charge in [0.25, 0.3) is 0 Å². The fourth-order valence-corrected chi connectivity index (χ4v) is 2.84. The van der Waals surface area contributed by atoms with Crippen molar-refractivity contribution >= 4 is 17.6 Å². The van der Waals surface area contributed by atoms with Crippen LogP contribution in [0.2, 0.25) is 0 Å². The third-order valence-corrected chi connectivity index (χ3v) is 4.25. The van der Waals surface area contributed by atoms with Crippen molar-refractivity contribution in [1.29, 1.82) is 0 Å². The molecule has 0 saturated heterocycles. The molecule has 0 fully saturated rings. The second kappa shape index (κ2) is 11.6. The number of nitrogens with zero attached hydrogens (tertiary/aromatic N) is 1. The van der Waals surface area contributed by atoms with Gasteiger partial charge in [-0.3, -0.25) is 9.79 Å². The SMILES string of the molecule is CCCC(=O)Nc1cccc(CNC(=NC)NCCc2ccccc2OC)c1. The molecule has 0 aromatic heterocycles. The minimum atomic E-state index is 0.0430. The molecule has 0 aliphatic carbocycles. The van der Waals surface area contributed by atoms with E-state index in [1.165, 1.54) is 0 Å². The highest BCUT2D eigenvalue weighted by atomic mass is 16.5. The number of carbonyl (C=O) groups is 1. The van der Waals surface area contributed by atoms with Gasteiger partial charge in [-0.15, -0.1) is 0 Å². The van der Waals surface area contributed by atoms with Crippen LogP contribution in [0, 0.1) is 0 Å². The summed E-state index contributed by atoms with van der Waals surface area (Å²) >= 11 is 0. The summed E-state index contributed by atoms with van der Waals surface area (Å²) in [6.45, 7) is 3.35. The topological polar surface area (TPSA) is 74.8 Å². The van der Waals surface area contributed by atoms with Crippen molar-refractivity contribution in [3.05, 3.63) is 59.7 Å². The first-order valence-electron chi connectivity index (χ1n) is 9.61. The normalized spacial score (nSPS) is 11.0. The maximum Gasteiger partial charge on any atom is 0.224 e. The van der Waals surface area contributed by atoms with Gasteiger partial charge in [0, 0.05) is 32.2 Å². The number of hydrogen-bond donors (Lipinski definition) is 3. The lowest BCUT2D eigenvalue weighted by molar-refractivity contribution is -0.116. The molecule has 0 aliphatic heterocycles. The zero-order valence-electron chi connectivity index (χ0n) is 16.9. The summed E-state index contributed by atoms with van der Waals surface area (Å²) in [6, 6.07) is 15.8. The Hall–Kier alpha value is -3.02. The molecule has 0 heterocycles. The van der Waals surface area contributed by atoms with Gasteiger partial charge in [0.1, 0.15) is 5.75 Å². The molecule has 2 aromatic carbocycles. The largest absolute Gasteiger partial charge is 0.496 e. The molecule has 3 N–H and O–H groups in total. The summed E-state index contributed by atoms with van der Waals surface area (Å²) in [5.41, 5.74) is 3.04. The number of aliphatic imine (C=N–C) groups is 1. The number of amides is 1. The highest BCUT2D eigenvalue weighted by Gasteiger charge is 2.04. The first kappa shape index (κ1) is 21.3. The molecular weight excluding hydrogens is 352 g/mol. The molecule has 0 radical (unpaired) electrons. The maximum absolute atomic E-state index is 11.8. The van der Waals surface area contributed by atoms with E-state index in [1.807, 2.05) is 49.4 Å². The second-order valence-corrected chi connectivity index (χ2v) is 6.41. The number of nitrogens with one attached hydrogen (secondary N) is 3. The minimum absolute atomic E-state index is 0.0430. The zero-order chi connectivity index (χ0) is 20.2. The minimum Gasteiger partial charge on any atom is -0.496 e. The Balaban J connectivity index is 1.83. The van der Waals surface area contributed by atoms with E-state index in [9.17, 15) is 4.79 Å². The summed E-state index contributed by atoms with van der Waals surface area (Å²) < 4.78 is 5.38. The quantitative estimate of drug-likeness (QED) is 0.459. The van der Waals surface area contributed by atoms with Gasteiger partial charge in [0.2, 0.25) is 5.91 Å². The van der Waals surface area contributed by atoms with Crippen molar-refractivity contribution in [2.24, 2.45) is 4.99 Å². The molecule has 2 rings (SSSR count). The molecule has 0 bridgehead atoms. The summed E-state index contributed by atoms with van der Waals surface area (Å²) in [4.78, 5) is 16.0. The van der Waals surface area contributed by atoms with Gasteiger partial charge in [-0.2, -0.15) is 0 Å². The molecule has 6 nitrogen and oxygen atoms in total. The molecule has 1 amide bonds. The summed E-state index contributed by atoms with van der Waals surface area (Å²) in [7, 11) is 3.44. The molecule has 6 heteroatoms. The van der Waals surface area contributed by atoms with Crippen LogP contribution in [0.5, 0.6) is 5.75 Å². The molecule has 0 spiro atoms. The van der Waals surface area contributed by atoms with Gasteiger partial charge >= 0.3 is 0 Å². The van der Waals surface area contributed by atoms with Gasteiger partial charge in [0.05, 0.1) is 7.11 Å². The number of hydrogen-bond acceptors (Lipinski definition) is 3. The molecule has 0 aliphatic rings. The highest BCUT2D eigenvalue weighted by molar-refractivity contribution is 5.90. The lowest BCUT2D eigenvalue weighted by atomic mass is 10.1. The Morgan fingerprint density at radius 1 is 1.11 bits per heavy atom. The average Bonchev–Trinajstić information content (AvgIpc) is 2.71. The van der Waals surface area contributed by atoms with E-state index in [0.717, 1.165) is 47.9 Å². The molecule has 2 aromatic rings. The van der Waals surface area contributed by atoms with E-state index in [1.54, 1.807) is 14.2 Å². The van der Waals surface area contributed by atoms with Gasteiger partial charge in [-0.25, -0.2) is 0 Å². The van der Waals surface area contributed by atoms with Crippen LogP contribution < -0.4 is 20.7 Å². The Labute approximate surface area is 167 Å². The number of anilines is 1. The van der Waals surface area contributed by atoms with E-state index in [4.69, 9.17) is 4.74 Å². The average molecular weight is 383 g/mol. The standard InChI is InChI=1S/C22H30N4O2/c1-4-8-21(27)26-19-11-7-9-17(15-19)16-25-22(23-2)24-14-13-18-10-5-6-12-20(18)28-3/h5-7,9-12,15H,4,8,13-14,16H2,1-3H3,(H,26,27)(H2,23,24,25). The van der Waals surface area contributed by atoms with Crippen LogP contribution in [0.3, 0.4) is 0 Å². The van der Waals surface area contributed by atoms with Crippen molar-refractivity contribution in [3.8, 4) is 5.75 Å². The number of carbonyl (C=O) groups excluding carboxylic acids is 1. The Bertz CT molecular complexity index is 790. The molecular formula is C22H30N4O2. The van der Waals surface area contributed by atoms with Gasteiger partial charge in [-0.1, -0.05) is 37.3 Å². The summed E-state index contributed by atoms with van der Waals surface area (Å²) in [6.07, 6.45) is 2.21. The predicted octanol–water partition coefficient (Wildman–Crippen LogP) is 3.34. The fraction of sp³-hybridized carbons (Fsp3) is 0.364. The van der Waals surface area contributed by atoms with E-state index in [-0.39, 0.29) is 5.91 Å². The number of methoxy groups -OCH3 is 1. The van der Waals surface area contributed by atoms with Gasteiger partial charge in [-0.05, 0) is 42.2 Å². The molecule has 0 atom stereocenters. The van der Waals surface area contributed by atoms with Crippen LogP contribution in [0.15, 0.2) is 53.5 Å². The number of guanidine groups is 1. The Kier molecular flexibility index (Phi) is 8.85. The number of para-hydroxylation sites is 1. The van der Waals surface area contributed by atoms with Crippen molar-refractivity contribution in [1.82, 2.24) is 10.6 Å². The Morgan fingerprint density at radius 2 is 1.93 bits per heavy atom. The fourth-order valence-electron chi connectivity index (χ4n) is 2.84. The van der Waals surface area contributed by atoms with Crippen molar-refractivity contribution in [2.75, 3.05) is 26.0 Å². The van der Waals surface area contributed by atoms with E-state index < -0.39 is 0 Å². The lowest BCUT2D eigenvalue weighted by Gasteiger charge is -2.14. The molecule has 150 valence electrons. The third kappa shape index (κ3) is 6.95. The first-order valence-corrected chi connectivity index (χ1v) is 9.61. The summed E-state index contributed by atoms with van der Waals surface area (Å²) in [5.74, 6) is 1.67. The monoisotopic (exact) mass is 382 g/mol.